The Morgan fingerprint density at radius 1 is 1.17 bits per heavy atom. The number of ether oxygens (including phenoxy) is 1. The van der Waals surface area contributed by atoms with E-state index in [0.29, 0.717) is 11.1 Å². The molecule has 0 aliphatic carbocycles. The van der Waals surface area contributed by atoms with Gasteiger partial charge in [-0.1, -0.05) is 12.1 Å². The number of esters is 1. The van der Waals surface area contributed by atoms with Crippen molar-refractivity contribution in [3.63, 3.8) is 0 Å². The van der Waals surface area contributed by atoms with E-state index in [1.54, 1.807) is 13.8 Å². The minimum Gasteiger partial charge on any atom is -0.462 e. The fourth-order valence-electron chi connectivity index (χ4n) is 1.61. The van der Waals surface area contributed by atoms with Gasteiger partial charge in [-0.05, 0) is 44.0 Å². The number of benzene rings is 1. The SMILES string of the molecule is CCOC(=O)/C(C(C)=O)=C(/C)c1ccc(F)cc1. The monoisotopic (exact) mass is 250 g/mol. The number of allylic oxidation sites excluding steroid dienone is 1. The molecule has 1 aromatic rings. The average Bonchev–Trinajstić information content (AvgIpc) is 2.29. The summed E-state index contributed by atoms with van der Waals surface area (Å²) in [5, 5.41) is 0. The Kier molecular flexibility index (Phi) is 4.77. The summed E-state index contributed by atoms with van der Waals surface area (Å²) in [5.41, 5.74) is 1.11. The third-order valence-electron chi connectivity index (χ3n) is 2.48. The van der Waals surface area contributed by atoms with Crippen LogP contribution in [0.5, 0.6) is 0 Å². The summed E-state index contributed by atoms with van der Waals surface area (Å²) in [7, 11) is 0. The average molecular weight is 250 g/mol. The van der Waals surface area contributed by atoms with Crippen LogP contribution in [0.25, 0.3) is 5.57 Å². The third kappa shape index (κ3) is 3.26. The number of carbonyl (C=O) groups excluding carboxylic acids is 2. The molecule has 0 atom stereocenters. The van der Waals surface area contributed by atoms with E-state index in [9.17, 15) is 14.0 Å². The molecule has 0 saturated heterocycles. The highest BCUT2D eigenvalue weighted by molar-refractivity contribution is 6.21. The number of rotatable bonds is 4. The van der Waals surface area contributed by atoms with E-state index in [4.69, 9.17) is 4.74 Å². The van der Waals surface area contributed by atoms with Crippen molar-refractivity contribution in [3.8, 4) is 0 Å². The number of halogens is 1. The maximum Gasteiger partial charge on any atom is 0.342 e. The van der Waals surface area contributed by atoms with Gasteiger partial charge in [0, 0.05) is 0 Å². The van der Waals surface area contributed by atoms with Crippen LogP contribution >= 0.6 is 0 Å². The minimum atomic E-state index is -0.646. The maximum atomic E-state index is 12.8. The van der Waals surface area contributed by atoms with Gasteiger partial charge < -0.3 is 4.74 Å². The van der Waals surface area contributed by atoms with Crippen LogP contribution in [0.15, 0.2) is 29.8 Å². The first kappa shape index (κ1) is 14.1. The lowest BCUT2D eigenvalue weighted by Gasteiger charge is -2.09. The Bertz CT molecular complexity index is 486. The van der Waals surface area contributed by atoms with Crippen LogP contribution in [0, 0.1) is 5.82 Å². The molecule has 0 aliphatic rings. The predicted octanol–water partition coefficient (Wildman–Crippen LogP) is 2.75. The highest BCUT2D eigenvalue weighted by atomic mass is 19.1. The second-order valence-corrected chi connectivity index (χ2v) is 3.78. The molecule has 0 heterocycles. The number of ketones is 1. The highest BCUT2D eigenvalue weighted by Gasteiger charge is 2.19. The van der Waals surface area contributed by atoms with Crippen molar-refractivity contribution in [1.29, 1.82) is 0 Å². The molecule has 3 nitrogen and oxygen atoms in total. The molecule has 0 fully saturated rings. The minimum absolute atomic E-state index is 0.00320. The molecule has 0 radical (unpaired) electrons. The van der Waals surface area contributed by atoms with Crippen LogP contribution in [0.2, 0.25) is 0 Å². The Morgan fingerprint density at radius 3 is 2.17 bits per heavy atom. The van der Waals surface area contributed by atoms with Gasteiger partial charge >= 0.3 is 5.97 Å². The summed E-state index contributed by atoms with van der Waals surface area (Å²) in [5.74, 6) is -1.38. The third-order valence-corrected chi connectivity index (χ3v) is 2.48. The lowest BCUT2D eigenvalue weighted by molar-refractivity contribution is -0.139. The molecular formula is C14H15FO3. The van der Waals surface area contributed by atoms with Crippen molar-refractivity contribution in [3.05, 3.63) is 41.2 Å². The van der Waals surface area contributed by atoms with E-state index in [0.717, 1.165) is 0 Å². The summed E-state index contributed by atoms with van der Waals surface area (Å²) in [6.07, 6.45) is 0. The number of hydrogen-bond donors (Lipinski definition) is 0. The molecular weight excluding hydrogens is 235 g/mol. The lowest BCUT2D eigenvalue weighted by atomic mass is 9.99. The number of carbonyl (C=O) groups is 2. The molecule has 0 unspecified atom stereocenters. The summed E-state index contributed by atoms with van der Waals surface area (Å²) in [4.78, 5) is 23.2. The van der Waals surface area contributed by atoms with Gasteiger partial charge in [0.05, 0.1) is 6.61 Å². The van der Waals surface area contributed by atoms with E-state index < -0.39 is 5.97 Å². The molecule has 4 heteroatoms. The molecule has 0 aromatic heterocycles. The molecule has 18 heavy (non-hydrogen) atoms. The van der Waals surface area contributed by atoms with Crippen molar-refractivity contribution < 1.29 is 18.7 Å². The molecule has 0 N–H and O–H groups in total. The first-order chi connectivity index (χ1) is 8.47. The molecule has 96 valence electrons. The van der Waals surface area contributed by atoms with Crippen molar-refractivity contribution in [2.24, 2.45) is 0 Å². The summed E-state index contributed by atoms with van der Waals surface area (Å²) in [6, 6.07) is 5.60. The maximum absolute atomic E-state index is 12.8. The second kappa shape index (κ2) is 6.10. The van der Waals surface area contributed by atoms with Crippen LogP contribution in [0.1, 0.15) is 26.3 Å². The lowest BCUT2D eigenvalue weighted by Crippen LogP contribution is -2.15. The summed E-state index contributed by atoms with van der Waals surface area (Å²) >= 11 is 0. The van der Waals surface area contributed by atoms with Crippen LogP contribution in [0.4, 0.5) is 4.39 Å². The molecule has 0 bridgehead atoms. The Morgan fingerprint density at radius 2 is 1.72 bits per heavy atom. The predicted molar refractivity (Wildman–Crippen MR) is 66.3 cm³/mol. The van der Waals surface area contributed by atoms with Crippen molar-refractivity contribution in [2.45, 2.75) is 20.8 Å². The zero-order valence-corrected chi connectivity index (χ0v) is 10.6. The van der Waals surface area contributed by atoms with Crippen LogP contribution < -0.4 is 0 Å². The molecule has 0 saturated carbocycles. The van der Waals surface area contributed by atoms with Gasteiger partial charge in [0.15, 0.2) is 5.78 Å². The van der Waals surface area contributed by atoms with E-state index in [2.05, 4.69) is 0 Å². The fraction of sp³-hybridized carbons (Fsp3) is 0.286. The van der Waals surface area contributed by atoms with Crippen molar-refractivity contribution >= 4 is 17.3 Å². The normalized spacial score (nSPS) is 11.8. The quantitative estimate of drug-likeness (QED) is 0.357. The number of Topliss-reactive ketones (excluding diaryl/α,β-unsaturated/α-hetero) is 1. The summed E-state index contributed by atoms with van der Waals surface area (Å²) in [6.45, 7) is 4.81. The number of hydrogen-bond acceptors (Lipinski definition) is 3. The van der Waals surface area contributed by atoms with E-state index in [1.165, 1.54) is 31.2 Å². The van der Waals surface area contributed by atoms with E-state index >= 15 is 0 Å². The first-order valence-electron chi connectivity index (χ1n) is 5.62. The highest BCUT2D eigenvalue weighted by Crippen LogP contribution is 2.20. The Hall–Kier alpha value is -1.97. The fourth-order valence-corrected chi connectivity index (χ4v) is 1.61. The Balaban J connectivity index is 3.23. The van der Waals surface area contributed by atoms with E-state index in [1.807, 2.05) is 0 Å². The second-order valence-electron chi connectivity index (χ2n) is 3.78. The largest absolute Gasteiger partial charge is 0.462 e. The van der Waals surface area contributed by atoms with Gasteiger partial charge in [-0.2, -0.15) is 0 Å². The summed E-state index contributed by atoms with van der Waals surface area (Å²) < 4.78 is 17.7. The smallest absolute Gasteiger partial charge is 0.342 e. The van der Waals surface area contributed by atoms with E-state index in [-0.39, 0.29) is 23.8 Å². The topological polar surface area (TPSA) is 43.4 Å². The van der Waals surface area contributed by atoms with Crippen molar-refractivity contribution in [1.82, 2.24) is 0 Å². The van der Waals surface area contributed by atoms with Crippen LogP contribution in [-0.2, 0) is 14.3 Å². The standard InChI is InChI=1S/C14H15FO3/c1-4-18-14(17)13(10(3)16)9(2)11-5-7-12(15)8-6-11/h5-8H,4H2,1-3H3/b13-9-. The van der Waals surface area contributed by atoms with Gasteiger partial charge in [-0.15, -0.1) is 0 Å². The molecule has 0 aliphatic heterocycles. The molecule has 0 amide bonds. The first-order valence-corrected chi connectivity index (χ1v) is 5.62. The van der Waals surface area contributed by atoms with Gasteiger partial charge in [0.1, 0.15) is 11.4 Å². The van der Waals surface area contributed by atoms with Gasteiger partial charge in [-0.25, -0.2) is 9.18 Å². The van der Waals surface area contributed by atoms with Crippen LogP contribution in [-0.4, -0.2) is 18.4 Å². The molecule has 1 aromatic carbocycles. The van der Waals surface area contributed by atoms with Crippen LogP contribution in [0.3, 0.4) is 0 Å². The van der Waals surface area contributed by atoms with Gasteiger partial charge in [-0.3, -0.25) is 4.79 Å². The Labute approximate surface area is 105 Å². The van der Waals surface area contributed by atoms with Gasteiger partial charge in [0.2, 0.25) is 0 Å². The molecule has 0 spiro atoms. The molecule has 1 rings (SSSR count). The van der Waals surface area contributed by atoms with Gasteiger partial charge in [0.25, 0.3) is 0 Å². The zero-order valence-electron chi connectivity index (χ0n) is 10.6. The zero-order chi connectivity index (χ0) is 13.7. The van der Waals surface area contributed by atoms with Crippen molar-refractivity contribution in [2.75, 3.05) is 6.61 Å².